The zero-order chi connectivity index (χ0) is 13.5. The molecule has 18 heavy (non-hydrogen) atoms. The molecule has 5 nitrogen and oxygen atoms in total. The summed E-state index contributed by atoms with van der Waals surface area (Å²) >= 11 is 5.80. The van der Waals surface area contributed by atoms with E-state index in [4.69, 9.17) is 21.1 Å². The Morgan fingerprint density at radius 2 is 2.22 bits per heavy atom. The molecule has 0 aliphatic carbocycles. The molecule has 1 aromatic heterocycles. The highest BCUT2D eigenvalue weighted by molar-refractivity contribution is 6.29. The fourth-order valence-corrected chi connectivity index (χ4v) is 1.71. The summed E-state index contributed by atoms with van der Waals surface area (Å²) in [6.45, 7) is 2.58. The van der Waals surface area contributed by atoms with Gasteiger partial charge in [0.05, 0.1) is 12.7 Å². The summed E-state index contributed by atoms with van der Waals surface area (Å²) in [5, 5.41) is 3.06. The third-order valence-electron chi connectivity index (χ3n) is 2.36. The zero-order valence-electron chi connectivity index (χ0n) is 10.7. The SMILES string of the molecule is COCC(CNC(=O)c1cc(C)nc(Cl)c1)OC. The molecule has 1 unspecified atom stereocenters. The number of aryl methyl sites for hydroxylation is 1. The normalized spacial score (nSPS) is 12.2. The van der Waals surface area contributed by atoms with Gasteiger partial charge in [0.15, 0.2) is 0 Å². The number of carbonyl (C=O) groups is 1. The molecule has 0 aliphatic heterocycles. The van der Waals surface area contributed by atoms with Crippen molar-refractivity contribution in [2.24, 2.45) is 0 Å². The molecule has 1 amide bonds. The number of ether oxygens (including phenoxy) is 2. The van der Waals surface area contributed by atoms with Crippen LogP contribution in [0.2, 0.25) is 5.15 Å². The number of carbonyl (C=O) groups excluding carboxylic acids is 1. The summed E-state index contributed by atoms with van der Waals surface area (Å²) in [5.41, 5.74) is 1.19. The Labute approximate surface area is 111 Å². The molecule has 0 bridgehead atoms. The first-order valence-corrected chi connectivity index (χ1v) is 5.88. The molecule has 6 heteroatoms. The van der Waals surface area contributed by atoms with Crippen LogP contribution in [0.5, 0.6) is 0 Å². The van der Waals surface area contributed by atoms with Gasteiger partial charge in [0.2, 0.25) is 0 Å². The average Bonchev–Trinajstić information content (AvgIpc) is 2.32. The predicted molar refractivity (Wildman–Crippen MR) is 69.0 cm³/mol. The number of nitrogens with one attached hydrogen (secondary N) is 1. The molecule has 1 heterocycles. The monoisotopic (exact) mass is 272 g/mol. The molecule has 0 fully saturated rings. The first-order chi connectivity index (χ1) is 8.56. The Hall–Kier alpha value is -1.17. The quantitative estimate of drug-likeness (QED) is 0.796. The first kappa shape index (κ1) is 14.9. The minimum atomic E-state index is -0.208. The van der Waals surface area contributed by atoms with E-state index >= 15 is 0 Å². The summed E-state index contributed by atoms with van der Waals surface area (Å²) in [5.74, 6) is -0.208. The van der Waals surface area contributed by atoms with E-state index in [0.717, 1.165) is 0 Å². The Morgan fingerprint density at radius 1 is 1.50 bits per heavy atom. The molecule has 0 spiro atoms. The average molecular weight is 273 g/mol. The van der Waals surface area contributed by atoms with Gasteiger partial charge in [0, 0.05) is 32.0 Å². The number of nitrogens with zero attached hydrogens (tertiary/aromatic N) is 1. The molecule has 1 aromatic rings. The van der Waals surface area contributed by atoms with Crippen LogP contribution in [0.4, 0.5) is 0 Å². The van der Waals surface area contributed by atoms with Crippen molar-refractivity contribution in [1.82, 2.24) is 10.3 Å². The maximum absolute atomic E-state index is 11.9. The lowest BCUT2D eigenvalue weighted by molar-refractivity contribution is 0.0285. The molecule has 0 saturated heterocycles. The van der Waals surface area contributed by atoms with Gasteiger partial charge in [-0.2, -0.15) is 0 Å². The van der Waals surface area contributed by atoms with E-state index in [1.54, 1.807) is 27.2 Å². The van der Waals surface area contributed by atoms with Crippen molar-refractivity contribution in [1.29, 1.82) is 0 Å². The van der Waals surface area contributed by atoms with Crippen LogP contribution in [0.15, 0.2) is 12.1 Å². The second-order valence-corrected chi connectivity index (χ2v) is 4.23. The second kappa shape index (κ2) is 7.31. The smallest absolute Gasteiger partial charge is 0.251 e. The van der Waals surface area contributed by atoms with Gasteiger partial charge < -0.3 is 14.8 Å². The minimum Gasteiger partial charge on any atom is -0.382 e. The minimum absolute atomic E-state index is 0.169. The molecular formula is C12H17ClN2O3. The lowest BCUT2D eigenvalue weighted by Gasteiger charge is -2.15. The maximum Gasteiger partial charge on any atom is 0.251 e. The van der Waals surface area contributed by atoms with Crippen LogP contribution < -0.4 is 5.32 Å². The van der Waals surface area contributed by atoms with E-state index in [2.05, 4.69) is 10.3 Å². The van der Waals surface area contributed by atoms with E-state index in [1.807, 2.05) is 0 Å². The lowest BCUT2D eigenvalue weighted by atomic mass is 10.2. The number of pyridine rings is 1. The molecule has 1 N–H and O–H groups in total. The van der Waals surface area contributed by atoms with Crippen molar-refractivity contribution >= 4 is 17.5 Å². The summed E-state index contributed by atoms with van der Waals surface area (Å²) in [6.07, 6.45) is -0.169. The fourth-order valence-electron chi connectivity index (χ4n) is 1.46. The number of hydrogen-bond donors (Lipinski definition) is 1. The Balaban J connectivity index is 2.59. The van der Waals surface area contributed by atoms with Gasteiger partial charge >= 0.3 is 0 Å². The molecule has 0 aromatic carbocycles. The van der Waals surface area contributed by atoms with Gasteiger partial charge in [-0.05, 0) is 19.1 Å². The third-order valence-corrected chi connectivity index (χ3v) is 2.55. The third kappa shape index (κ3) is 4.60. The van der Waals surface area contributed by atoms with E-state index in [0.29, 0.717) is 29.6 Å². The van der Waals surface area contributed by atoms with Gasteiger partial charge in [-0.3, -0.25) is 4.79 Å². The van der Waals surface area contributed by atoms with Crippen LogP contribution >= 0.6 is 11.6 Å². The van der Waals surface area contributed by atoms with E-state index < -0.39 is 0 Å². The largest absolute Gasteiger partial charge is 0.382 e. The van der Waals surface area contributed by atoms with Crippen molar-refractivity contribution in [3.05, 3.63) is 28.5 Å². The summed E-state index contributed by atoms with van der Waals surface area (Å²) in [7, 11) is 3.16. The number of amides is 1. The van der Waals surface area contributed by atoms with Crippen molar-refractivity contribution in [2.45, 2.75) is 13.0 Å². The second-order valence-electron chi connectivity index (χ2n) is 3.84. The lowest BCUT2D eigenvalue weighted by Crippen LogP contribution is -2.35. The van der Waals surface area contributed by atoms with Gasteiger partial charge in [0.1, 0.15) is 5.15 Å². The molecule has 1 atom stereocenters. The van der Waals surface area contributed by atoms with Gasteiger partial charge in [-0.25, -0.2) is 4.98 Å². The fraction of sp³-hybridized carbons (Fsp3) is 0.500. The van der Waals surface area contributed by atoms with Gasteiger partial charge in [-0.15, -0.1) is 0 Å². The highest BCUT2D eigenvalue weighted by Crippen LogP contribution is 2.10. The molecule has 100 valence electrons. The molecule has 1 rings (SSSR count). The Kier molecular flexibility index (Phi) is 6.04. The molecule has 0 radical (unpaired) electrons. The molecule has 0 saturated carbocycles. The number of rotatable bonds is 6. The topological polar surface area (TPSA) is 60.5 Å². The van der Waals surface area contributed by atoms with Crippen LogP contribution in [0.1, 0.15) is 16.1 Å². The van der Waals surface area contributed by atoms with Crippen LogP contribution in [-0.2, 0) is 9.47 Å². The Bertz CT molecular complexity index is 392. The Morgan fingerprint density at radius 3 is 2.78 bits per heavy atom. The standard InChI is InChI=1S/C12H17ClN2O3/c1-8-4-9(5-11(13)15-8)12(16)14-6-10(18-3)7-17-2/h4-5,10H,6-7H2,1-3H3,(H,14,16). The number of hydrogen-bond acceptors (Lipinski definition) is 4. The van der Waals surface area contributed by atoms with E-state index in [-0.39, 0.29) is 12.0 Å². The summed E-state index contributed by atoms with van der Waals surface area (Å²) in [6, 6.07) is 3.21. The number of aromatic nitrogens is 1. The number of halogens is 1. The predicted octanol–water partition coefficient (Wildman–Crippen LogP) is 1.43. The zero-order valence-corrected chi connectivity index (χ0v) is 11.5. The highest BCUT2D eigenvalue weighted by atomic mass is 35.5. The van der Waals surface area contributed by atoms with Crippen molar-refractivity contribution in [2.75, 3.05) is 27.4 Å². The number of methoxy groups -OCH3 is 2. The van der Waals surface area contributed by atoms with Crippen molar-refractivity contribution < 1.29 is 14.3 Å². The maximum atomic E-state index is 11.9. The van der Waals surface area contributed by atoms with Crippen molar-refractivity contribution in [3.63, 3.8) is 0 Å². The van der Waals surface area contributed by atoms with Crippen molar-refractivity contribution in [3.8, 4) is 0 Å². The molecule has 0 aliphatic rings. The first-order valence-electron chi connectivity index (χ1n) is 5.51. The van der Waals surface area contributed by atoms with Crippen LogP contribution in [-0.4, -0.2) is 44.4 Å². The van der Waals surface area contributed by atoms with Gasteiger partial charge in [0.25, 0.3) is 5.91 Å². The van der Waals surface area contributed by atoms with E-state index in [1.165, 1.54) is 6.07 Å². The van der Waals surface area contributed by atoms with Gasteiger partial charge in [-0.1, -0.05) is 11.6 Å². The van der Waals surface area contributed by atoms with Crippen LogP contribution in [0.3, 0.4) is 0 Å². The summed E-state index contributed by atoms with van der Waals surface area (Å²) in [4.78, 5) is 15.9. The molecular weight excluding hydrogens is 256 g/mol. The van der Waals surface area contributed by atoms with Crippen LogP contribution in [0.25, 0.3) is 0 Å². The van der Waals surface area contributed by atoms with E-state index in [9.17, 15) is 4.79 Å². The summed E-state index contributed by atoms with van der Waals surface area (Å²) < 4.78 is 10.1. The highest BCUT2D eigenvalue weighted by Gasteiger charge is 2.11. The van der Waals surface area contributed by atoms with Crippen LogP contribution in [0, 0.1) is 6.92 Å².